The summed E-state index contributed by atoms with van der Waals surface area (Å²) in [5, 5.41) is 6.95. The zero-order valence-electron chi connectivity index (χ0n) is 18.1. The Morgan fingerprint density at radius 2 is 1.93 bits per heavy atom. The molecule has 0 aromatic rings. The molecule has 1 amide bonds. The molecule has 156 valence electrons. The third kappa shape index (κ3) is 6.98. The van der Waals surface area contributed by atoms with Gasteiger partial charge in [0, 0.05) is 44.2 Å². The maximum absolute atomic E-state index is 12.2. The Bertz CT molecular complexity index is 491. The van der Waals surface area contributed by atoms with Crippen LogP contribution in [0.4, 0.5) is 0 Å². The van der Waals surface area contributed by atoms with Crippen molar-refractivity contribution in [3.63, 3.8) is 0 Å². The van der Waals surface area contributed by atoms with Crippen molar-refractivity contribution in [2.45, 2.75) is 72.4 Å². The number of hydrogen-bond donors (Lipinski definition) is 2. The number of amides is 1. The van der Waals surface area contributed by atoms with E-state index in [4.69, 9.17) is 4.99 Å². The Morgan fingerprint density at radius 3 is 2.59 bits per heavy atom. The maximum atomic E-state index is 12.2. The van der Waals surface area contributed by atoms with Crippen molar-refractivity contribution in [2.75, 3.05) is 39.3 Å². The van der Waals surface area contributed by atoms with Gasteiger partial charge in [-0.3, -0.25) is 14.7 Å². The van der Waals surface area contributed by atoms with Crippen LogP contribution in [-0.2, 0) is 4.79 Å². The molecule has 2 aliphatic rings. The Morgan fingerprint density at radius 1 is 1.15 bits per heavy atom. The largest absolute Gasteiger partial charge is 0.357 e. The minimum atomic E-state index is 0.0731. The summed E-state index contributed by atoms with van der Waals surface area (Å²) in [5.74, 6) is 1.93. The van der Waals surface area contributed by atoms with E-state index in [9.17, 15) is 4.79 Å². The molecule has 2 unspecified atom stereocenters. The number of aliphatic imine (C=N–C) groups is 1. The van der Waals surface area contributed by atoms with Crippen molar-refractivity contribution in [1.82, 2.24) is 20.4 Å². The molecule has 2 saturated heterocycles. The summed E-state index contributed by atoms with van der Waals surface area (Å²) in [6.45, 7) is 16.3. The van der Waals surface area contributed by atoms with Gasteiger partial charge in [-0.25, -0.2) is 0 Å². The monoisotopic (exact) mass is 379 g/mol. The number of nitrogens with zero attached hydrogens (tertiary/aromatic N) is 3. The van der Waals surface area contributed by atoms with Crippen LogP contribution in [0.3, 0.4) is 0 Å². The van der Waals surface area contributed by atoms with E-state index >= 15 is 0 Å². The van der Waals surface area contributed by atoms with Gasteiger partial charge in [-0.1, -0.05) is 34.1 Å². The molecule has 0 aromatic carbocycles. The van der Waals surface area contributed by atoms with Crippen molar-refractivity contribution in [3.05, 3.63) is 0 Å². The molecule has 6 nitrogen and oxygen atoms in total. The number of guanidine groups is 1. The van der Waals surface area contributed by atoms with Gasteiger partial charge in [0.15, 0.2) is 5.96 Å². The number of carbonyl (C=O) groups excluding carboxylic acids is 1. The fraction of sp³-hybridized carbons (Fsp3) is 0.905. The first kappa shape index (κ1) is 22.0. The van der Waals surface area contributed by atoms with E-state index in [-0.39, 0.29) is 11.8 Å². The van der Waals surface area contributed by atoms with Crippen LogP contribution in [-0.4, -0.2) is 73.0 Å². The summed E-state index contributed by atoms with van der Waals surface area (Å²) in [7, 11) is 0. The van der Waals surface area contributed by atoms with Gasteiger partial charge in [0.2, 0.25) is 5.91 Å². The zero-order valence-corrected chi connectivity index (χ0v) is 18.1. The SMILES string of the molecule is CCNC(=NCC1CCCCN1CC(C)C)NC1CCN(C(=O)C(C)C)C1. The molecular weight excluding hydrogens is 338 g/mol. The number of piperidine rings is 1. The van der Waals surface area contributed by atoms with Crippen LogP contribution in [0.2, 0.25) is 0 Å². The van der Waals surface area contributed by atoms with E-state index in [2.05, 4.69) is 36.3 Å². The third-order valence-electron chi connectivity index (χ3n) is 5.49. The molecule has 2 heterocycles. The molecular formula is C21H41N5O. The van der Waals surface area contributed by atoms with E-state index < -0.39 is 0 Å². The fourth-order valence-electron chi connectivity index (χ4n) is 4.13. The van der Waals surface area contributed by atoms with E-state index in [1.807, 2.05) is 18.7 Å². The van der Waals surface area contributed by atoms with Gasteiger partial charge in [0.05, 0.1) is 6.54 Å². The highest BCUT2D eigenvalue weighted by Gasteiger charge is 2.28. The van der Waals surface area contributed by atoms with Crippen molar-refractivity contribution in [3.8, 4) is 0 Å². The molecule has 6 heteroatoms. The first-order valence-corrected chi connectivity index (χ1v) is 11.0. The summed E-state index contributed by atoms with van der Waals surface area (Å²) in [5.41, 5.74) is 0. The molecule has 2 fully saturated rings. The molecule has 27 heavy (non-hydrogen) atoms. The van der Waals surface area contributed by atoms with Crippen LogP contribution in [0.15, 0.2) is 4.99 Å². The molecule has 0 bridgehead atoms. The average molecular weight is 380 g/mol. The van der Waals surface area contributed by atoms with Gasteiger partial charge < -0.3 is 15.5 Å². The second-order valence-corrected chi connectivity index (χ2v) is 8.83. The first-order chi connectivity index (χ1) is 12.9. The first-order valence-electron chi connectivity index (χ1n) is 11.0. The van der Waals surface area contributed by atoms with Gasteiger partial charge in [-0.2, -0.15) is 0 Å². The number of carbonyl (C=O) groups is 1. The average Bonchev–Trinajstić information content (AvgIpc) is 3.08. The van der Waals surface area contributed by atoms with Crippen LogP contribution in [0.5, 0.6) is 0 Å². The number of hydrogen-bond acceptors (Lipinski definition) is 3. The maximum Gasteiger partial charge on any atom is 0.225 e. The number of likely N-dealkylation sites (tertiary alicyclic amines) is 2. The third-order valence-corrected chi connectivity index (χ3v) is 5.49. The van der Waals surface area contributed by atoms with Gasteiger partial charge in [-0.05, 0) is 38.6 Å². The quantitative estimate of drug-likeness (QED) is 0.526. The predicted molar refractivity (Wildman–Crippen MR) is 113 cm³/mol. The molecule has 2 atom stereocenters. The molecule has 2 rings (SSSR count). The molecule has 0 aromatic heterocycles. The lowest BCUT2D eigenvalue weighted by Crippen LogP contribution is -2.47. The highest BCUT2D eigenvalue weighted by molar-refractivity contribution is 5.81. The molecule has 2 aliphatic heterocycles. The second-order valence-electron chi connectivity index (χ2n) is 8.83. The van der Waals surface area contributed by atoms with Crippen molar-refractivity contribution in [1.29, 1.82) is 0 Å². The second kappa shape index (κ2) is 10.9. The summed E-state index contributed by atoms with van der Waals surface area (Å²) in [6.07, 6.45) is 4.86. The van der Waals surface area contributed by atoms with Gasteiger partial charge in [0.25, 0.3) is 0 Å². The zero-order chi connectivity index (χ0) is 19.8. The van der Waals surface area contributed by atoms with Crippen molar-refractivity contribution >= 4 is 11.9 Å². The lowest BCUT2D eigenvalue weighted by Gasteiger charge is -2.36. The normalized spacial score (nSPS) is 24.7. The topological polar surface area (TPSA) is 60.0 Å². The van der Waals surface area contributed by atoms with E-state index in [1.54, 1.807) is 0 Å². The van der Waals surface area contributed by atoms with Gasteiger partial charge in [0.1, 0.15) is 0 Å². The molecule has 0 aliphatic carbocycles. The molecule has 2 N–H and O–H groups in total. The Balaban J connectivity index is 1.91. The summed E-state index contributed by atoms with van der Waals surface area (Å²) in [4.78, 5) is 21.7. The molecule has 0 radical (unpaired) electrons. The molecule has 0 saturated carbocycles. The van der Waals surface area contributed by atoms with Gasteiger partial charge >= 0.3 is 0 Å². The van der Waals surface area contributed by atoms with Crippen LogP contribution in [0.1, 0.15) is 60.3 Å². The summed E-state index contributed by atoms with van der Waals surface area (Å²) < 4.78 is 0. The van der Waals surface area contributed by atoms with E-state index in [0.717, 1.165) is 38.6 Å². The standard InChI is InChI=1S/C21H41N5O/c1-6-22-21(24-18-10-12-26(15-18)20(27)17(4)5)23-13-19-9-7-8-11-25(19)14-16(2)3/h16-19H,6-15H2,1-5H3,(H2,22,23,24). The Hall–Kier alpha value is -1.30. The summed E-state index contributed by atoms with van der Waals surface area (Å²) in [6, 6.07) is 0.850. The van der Waals surface area contributed by atoms with Crippen LogP contribution >= 0.6 is 0 Å². The van der Waals surface area contributed by atoms with Gasteiger partial charge in [-0.15, -0.1) is 0 Å². The van der Waals surface area contributed by atoms with Crippen LogP contribution in [0.25, 0.3) is 0 Å². The summed E-state index contributed by atoms with van der Waals surface area (Å²) >= 11 is 0. The van der Waals surface area contributed by atoms with Crippen molar-refractivity contribution in [2.24, 2.45) is 16.8 Å². The van der Waals surface area contributed by atoms with E-state index in [1.165, 1.54) is 32.4 Å². The Kier molecular flexibility index (Phi) is 8.87. The minimum absolute atomic E-state index is 0.0731. The minimum Gasteiger partial charge on any atom is -0.357 e. The number of nitrogens with one attached hydrogen (secondary N) is 2. The van der Waals surface area contributed by atoms with Crippen molar-refractivity contribution < 1.29 is 4.79 Å². The molecule has 0 spiro atoms. The smallest absolute Gasteiger partial charge is 0.225 e. The fourth-order valence-corrected chi connectivity index (χ4v) is 4.13. The van der Waals surface area contributed by atoms with Crippen LogP contribution < -0.4 is 10.6 Å². The predicted octanol–water partition coefficient (Wildman–Crippen LogP) is 2.31. The van der Waals surface area contributed by atoms with E-state index in [0.29, 0.717) is 18.0 Å². The Labute approximate surface area is 166 Å². The highest BCUT2D eigenvalue weighted by Crippen LogP contribution is 2.19. The number of rotatable bonds is 7. The van der Waals surface area contributed by atoms with Crippen LogP contribution in [0, 0.1) is 11.8 Å². The lowest BCUT2D eigenvalue weighted by molar-refractivity contribution is -0.133. The highest BCUT2D eigenvalue weighted by atomic mass is 16.2. The lowest BCUT2D eigenvalue weighted by atomic mass is 10.0.